The summed E-state index contributed by atoms with van der Waals surface area (Å²) >= 11 is 0. The smallest absolute Gasteiger partial charge is 0.304 e. The van der Waals surface area contributed by atoms with Gasteiger partial charge in [0.1, 0.15) is 0 Å². The third kappa shape index (κ3) is 4.54. The fourth-order valence-electron chi connectivity index (χ4n) is 1.38. The molecule has 98 valence electrons. The quantitative estimate of drug-likeness (QED) is 0.765. The van der Waals surface area contributed by atoms with E-state index >= 15 is 0 Å². The summed E-state index contributed by atoms with van der Waals surface area (Å²) in [6.07, 6.45) is -0.433. The highest BCUT2D eigenvalue weighted by molar-refractivity contribution is 7.90. The number of sulfone groups is 1. The summed E-state index contributed by atoms with van der Waals surface area (Å²) in [5.74, 6) is -2.53. The van der Waals surface area contributed by atoms with Gasteiger partial charge in [-0.3, -0.25) is 9.59 Å². The first-order valence-corrected chi connectivity index (χ1v) is 6.93. The Hall–Kier alpha value is -1.89. The molecular formula is C11H13NO5S. The normalized spacial score (nSPS) is 11.1. The maximum atomic E-state index is 11.6. The first kappa shape index (κ1) is 14.2. The zero-order chi connectivity index (χ0) is 13.8. The lowest BCUT2D eigenvalue weighted by Gasteiger charge is -2.04. The molecule has 7 heteroatoms. The molecule has 0 heterocycles. The van der Waals surface area contributed by atoms with E-state index in [2.05, 4.69) is 0 Å². The van der Waals surface area contributed by atoms with Gasteiger partial charge in [-0.25, -0.2) is 8.42 Å². The van der Waals surface area contributed by atoms with Crippen LogP contribution in [0.2, 0.25) is 0 Å². The van der Waals surface area contributed by atoms with Gasteiger partial charge in [0.05, 0.1) is 17.9 Å². The third-order valence-corrected chi connectivity index (χ3v) is 3.82. The van der Waals surface area contributed by atoms with Gasteiger partial charge in [-0.1, -0.05) is 12.1 Å². The molecule has 0 aromatic heterocycles. The van der Waals surface area contributed by atoms with Gasteiger partial charge in [0.15, 0.2) is 9.84 Å². The highest BCUT2D eigenvalue weighted by atomic mass is 32.2. The van der Waals surface area contributed by atoms with E-state index in [1.54, 1.807) is 6.07 Å². The number of amides is 1. The molecule has 18 heavy (non-hydrogen) atoms. The Kier molecular flexibility index (Phi) is 4.43. The monoisotopic (exact) mass is 271 g/mol. The van der Waals surface area contributed by atoms with Crippen LogP contribution < -0.4 is 5.73 Å². The van der Waals surface area contributed by atoms with Gasteiger partial charge < -0.3 is 10.8 Å². The van der Waals surface area contributed by atoms with Crippen LogP contribution in [0, 0.1) is 0 Å². The first-order chi connectivity index (χ1) is 8.30. The van der Waals surface area contributed by atoms with Crippen LogP contribution in [0.3, 0.4) is 0 Å². The van der Waals surface area contributed by atoms with Crippen LogP contribution in [0.4, 0.5) is 0 Å². The van der Waals surface area contributed by atoms with E-state index in [9.17, 15) is 18.0 Å². The van der Waals surface area contributed by atoms with Crippen LogP contribution >= 0.6 is 0 Å². The molecule has 3 N–H and O–H groups in total. The molecule has 0 fully saturated rings. The van der Waals surface area contributed by atoms with E-state index in [1.165, 1.54) is 18.2 Å². The number of hydrogen-bond acceptors (Lipinski definition) is 4. The van der Waals surface area contributed by atoms with Crippen molar-refractivity contribution in [3.8, 4) is 0 Å². The van der Waals surface area contributed by atoms with Crippen LogP contribution in [0.25, 0.3) is 0 Å². The fourth-order valence-corrected chi connectivity index (χ4v) is 2.70. The zero-order valence-electron chi connectivity index (χ0n) is 9.50. The summed E-state index contributed by atoms with van der Waals surface area (Å²) in [4.78, 5) is 21.2. The molecule has 6 nitrogen and oxygen atoms in total. The molecule has 0 bridgehead atoms. The van der Waals surface area contributed by atoms with E-state index in [0.29, 0.717) is 5.56 Å². The van der Waals surface area contributed by atoms with Crippen molar-refractivity contribution in [3.05, 3.63) is 35.4 Å². The number of carboxylic acid groups (broad SMARTS) is 1. The summed E-state index contributed by atoms with van der Waals surface area (Å²) < 4.78 is 23.2. The summed E-state index contributed by atoms with van der Waals surface area (Å²) in [5.41, 5.74) is 5.72. The number of carbonyl (C=O) groups excluding carboxylic acids is 1. The Bertz CT molecular complexity index is 565. The topological polar surface area (TPSA) is 115 Å². The Morgan fingerprint density at radius 2 is 1.94 bits per heavy atom. The summed E-state index contributed by atoms with van der Waals surface area (Å²) in [6.45, 7) is 0. The van der Waals surface area contributed by atoms with Gasteiger partial charge in [-0.2, -0.15) is 0 Å². The molecular weight excluding hydrogens is 258 g/mol. The minimum absolute atomic E-state index is 0.223. The van der Waals surface area contributed by atoms with Gasteiger partial charge in [0.25, 0.3) is 0 Å². The second-order valence-electron chi connectivity index (χ2n) is 3.80. The Morgan fingerprint density at radius 3 is 2.50 bits per heavy atom. The van der Waals surface area contributed by atoms with Crippen LogP contribution in [0.15, 0.2) is 24.3 Å². The molecule has 1 amide bonds. The second-order valence-corrected chi connectivity index (χ2v) is 5.98. The van der Waals surface area contributed by atoms with E-state index in [0.717, 1.165) is 0 Å². The lowest BCUT2D eigenvalue weighted by Crippen LogP contribution is -2.14. The van der Waals surface area contributed by atoms with Crippen LogP contribution in [0.5, 0.6) is 0 Å². The number of primary amides is 1. The molecule has 0 atom stereocenters. The summed E-state index contributed by atoms with van der Waals surface area (Å²) in [7, 11) is -3.51. The molecule has 0 unspecified atom stereocenters. The molecule has 1 aromatic carbocycles. The minimum Gasteiger partial charge on any atom is -0.481 e. The zero-order valence-corrected chi connectivity index (χ0v) is 10.3. The van der Waals surface area contributed by atoms with Crippen molar-refractivity contribution in [2.75, 3.05) is 5.75 Å². The average Bonchev–Trinajstić information content (AvgIpc) is 2.26. The predicted octanol–water partition coefficient (Wildman–Crippen LogP) is 0.175. The van der Waals surface area contributed by atoms with E-state index < -0.39 is 33.9 Å². The highest BCUT2D eigenvalue weighted by Crippen LogP contribution is 2.10. The lowest BCUT2D eigenvalue weighted by molar-refractivity contribution is -0.136. The molecule has 0 aliphatic rings. The third-order valence-electron chi connectivity index (χ3n) is 2.23. The van der Waals surface area contributed by atoms with Gasteiger partial charge in [-0.15, -0.1) is 0 Å². The maximum Gasteiger partial charge on any atom is 0.304 e. The van der Waals surface area contributed by atoms with Gasteiger partial charge in [-0.05, 0) is 17.7 Å². The van der Waals surface area contributed by atoms with Gasteiger partial charge in [0, 0.05) is 5.56 Å². The number of benzene rings is 1. The first-order valence-electron chi connectivity index (χ1n) is 5.11. The molecule has 1 aromatic rings. The van der Waals surface area contributed by atoms with Crippen LogP contribution in [0.1, 0.15) is 22.3 Å². The molecule has 1 rings (SSSR count). The Morgan fingerprint density at radius 1 is 1.28 bits per heavy atom. The van der Waals surface area contributed by atoms with Crippen molar-refractivity contribution >= 4 is 21.7 Å². The molecule has 0 radical (unpaired) electrons. The summed E-state index contributed by atoms with van der Waals surface area (Å²) in [5, 5.41) is 8.43. The van der Waals surface area contributed by atoms with Crippen LogP contribution in [-0.2, 0) is 20.4 Å². The summed E-state index contributed by atoms with van der Waals surface area (Å²) in [6, 6.07) is 5.95. The van der Waals surface area contributed by atoms with Crippen molar-refractivity contribution in [2.45, 2.75) is 12.2 Å². The Balaban J connectivity index is 2.81. The van der Waals surface area contributed by atoms with Crippen molar-refractivity contribution in [2.24, 2.45) is 5.73 Å². The maximum absolute atomic E-state index is 11.6. The standard InChI is InChI=1S/C11H13NO5S/c12-11(15)9-3-1-2-8(6-9)7-18(16,17)5-4-10(13)14/h1-3,6H,4-5,7H2,(H2,12,15)(H,13,14). The van der Waals surface area contributed by atoms with Crippen LogP contribution in [-0.4, -0.2) is 31.2 Å². The lowest BCUT2D eigenvalue weighted by atomic mass is 10.1. The second kappa shape index (κ2) is 5.63. The minimum atomic E-state index is -3.51. The fraction of sp³-hybridized carbons (Fsp3) is 0.273. The highest BCUT2D eigenvalue weighted by Gasteiger charge is 2.14. The molecule has 0 aliphatic carbocycles. The molecule has 0 saturated heterocycles. The number of carbonyl (C=O) groups is 2. The molecule has 0 saturated carbocycles. The molecule has 0 aliphatic heterocycles. The largest absolute Gasteiger partial charge is 0.481 e. The van der Waals surface area contributed by atoms with E-state index in [4.69, 9.17) is 10.8 Å². The number of hydrogen-bond donors (Lipinski definition) is 2. The number of nitrogens with two attached hydrogens (primary N) is 1. The van der Waals surface area contributed by atoms with Gasteiger partial charge >= 0.3 is 5.97 Å². The number of rotatable bonds is 6. The number of aliphatic carboxylic acids is 1. The number of carboxylic acids is 1. The van der Waals surface area contributed by atoms with E-state index in [-0.39, 0.29) is 11.3 Å². The van der Waals surface area contributed by atoms with Crippen molar-refractivity contribution < 1.29 is 23.1 Å². The Labute approximate surface area is 104 Å². The molecule has 0 spiro atoms. The SMILES string of the molecule is NC(=O)c1cccc(CS(=O)(=O)CCC(=O)O)c1. The van der Waals surface area contributed by atoms with E-state index in [1.807, 2.05) is 0 Å². The van der Waals surface area contributed by atoms with Crippen molar-refractivity contribution in [1.29, 1.82) is 0 Å². The van der Waals surface area contributed by atoms with Crippen molar-refractivity contribution in [1.82, 2.24) is 0 Å². The average molecular weight is 271 g/mol. The van der Waals surface area contributed by atoms with Crippen molar-refractivity contribution in [3.63, 3.8) is 0 Å². The van der Waals surface area contributed by atoms with Gasteiger partial charge in [0.2, 0.25) is 5.91 Å². The predicted molar refractivity (Wildman–Crippen MR) is 64.7 cm³/mol.